The van der Waals surface area contributed by atoms with Crippen LogP contribution in [-0.4, -0.2) is 29.4 Å². The number of aromatic nitrogens is 1. The molecule has 128 valence electrons. The predicted molar refractivity (Wildman–Crippen MR) is 99.9 cm³/mol. The van der Waals surface area contributed by atoms with E-state index in [-0.39, 0.29) is 5.91 Å². The van der Waals surface area contributed by atoms with Gasteiger partial charge < -0.3 is 9.64 Å². The zero-order chi connectivity index (χ0) is 17.8. The van der Waals surface area contributed by atoms with E-state index in [1.54, 1.807) is 4.90 Å². The molecular weight excluding hydrogens is 312 g/mol. The summed E-state index contributed by atoms with van der Waals surface area (Å²) in [6.45, 7) is 5.02. The molecule has 0 bridgehead atoms. The summed E-state index contributed by atoms with van der Waals surface area (Å²) in [5.41, 5.74) is 3.37. The molecule has 25 heavy (non-hydrogen) atoms. The SMILES string of the molecule is CCOc1ccc(CN(C)C(=O)c2cc3ccccc3nc2C)cc1. The number of fused-ring (bicyclic) bond motifs is 1. The normalized spacial score (nSPS) is 10.7. The van der Waals surface area contributed by atoms with Crippen molar-refractivity contribution in [2.75, 3.05) is 13.7 Å². The average Bonchev–Trinajstić information content (AvgIpc) is 2.62. The van der Waals surface area contributed by atoms with Gasteiger partial charge in [-0.2, -0.15) is 0 Å². The predicted octanol–water partition coefficient (Wildman–Crippen LogP) is 4.21. The van der Waals surface area contributed by atoms with Crippen LogP contribution in [0.15, 0.2) is 54.6 Å². The molecule has 0 saturated heterocycles. The van der Waals surface area contributed by atoms with Crippen molar-refractivity contribution in [3.8, 4) is 5.75 Å². The zero-order valence-corrected chi connectivity index (χ0v) is 14.8. The molecule has 0 radical (unpaired) electrons. The summed E-state index contributed by atoms with van der Waals surface area (Å²) in [6, 6.07) is 17.6. The van der Waals surface area contributed by atoms with Crippen LogP contribution in [0, 0.1) is 6.92 Å². The number of amides is 1. The molecule has 1 amide bonds. The largest absolute Gasteiger partial charge is 0.494 e. The van der Waals surface area contributed by atoms with E-state index < -0.39 is 0 Å². The summed E-state index contributed by atoms with van der Waals surface area (Å²) in [6.07, 6.45) is 0. The molecule has 0 aliphatic carbocycles. The lowest BCUT2D eigenvalue weighted by Crippen LogP contribution is -2.27. The van der Waals surface area contributed by atoms with Gasteiger partial charge in [-0.15, -0.1) is 0 Å². The highest BCUT2D eigenvalue weighted by molar-refractivity contribution is 5.98. The zero-order valence-electron chi connectivity index (χ0n) is 14.8. The molecule has 0 atom stereocenters. The molecule has 0 N–H and O–H groups in total. The smallest absolute Gasteiger partial charge is 0.255 e. The third-order valence-corrected chi connectivity index (χ3v) is 4.15. The fourth-order valence-corrected chi connectivity index (χ4v) is 2.84. The number of nitrogens with zero attached hydrogens (tertiary/aromatic N) is 2. The Labute approximate surface area is 148 Å². The highest BCUT2D eigenvalue weighted by Gasteiger charge is 2.16. The number of hydrogen-bond donors (Lipinski definition) is 0. The minimum Gasteiger partial charge on any atom is -0.494 e. The molecule has 4 nitrogen and oxygen atoms in total. The Morgan fingerprint density at radius 3 is 2.56 bits per heavy atom. The lowest BCUT2D eigenvalue weighted by atomic mass is 10.1. The van der Waals surface area contributed by atoms with Gasteiger partial charge in [-0.25, -0.2) is 0 Å². The third kappa shape index (κ3) is 3.79. The number of carbonyl (C=O) groups is 1. The molecule has 1 heterocycles. The Hall–Kier alpha value is -2.88. The van der Waals surface area contributed by atoms with Crippen LogP contribution in [0.4, 0.5) is 0 Å². The van der Waals surface area contributed by atoms with Crippen LogP contribution in [0.1, 0.15) is 28.5 Å². The van der Waals surface area contributed by atoms with Crippen molar-refractivity contribution < 1.29 is 9.53 Å². The molecule has 1 aromatic heterocycles. The van der Waals surface area contributed by atoms with Gasteiger partial charge in [0.2, 0.25) is 0 Å². The molecule has 3 rings (SSSR count). The van der Waals surface area contributed by atoms with Crippen molar-refractivity contribution in [3.05, 3.63) is 71.4 Å². The van der Waals surface area contributed by atoms with Gasteiger partial charge in [0.1, 0.15) is 5.75 Å². The monoisotopic (exact) mass is 334 g/mol. The topological polar surface area (TPSA) is 42.4 Å². The molecule has 0 fully saturated rings. The van der Waals surface area contributed by atoms with Crippen molar-refractivity contribution in [2.24, 2.45) is 0 Å². The second-order valence-corrected chi connectivity index (χ2v) is 6.05. The van der Waals surface area contributed by atoms with E-state index in [9.17, 15) is 4.79 Å². The number of para-hydroxylation sites is 1. The second kappa shape index (κ2) is 7.34. The summed E-state index contributed by atoms with van der Waals surface area (Å²) in [7, 11) is 1.81. The molecule has 0 aliphatic heterocycles. The number of aryl methyl sites for hydroxylation is 1. The molecule has 3 aromatic rings. The maximum atomic E-state index is 12.8. The number of pyridine rings is 1. The fraction of sp³-hybridized carbons (Fsp3) is 0.238. The average molecular weight is 334 g/mol. The van der Waals surface area contributed by atoms with Crippen LogP contribution < -0.4 is 4.74 Å². The van der Waals surface area contributed by atoms with Crippen molar-refractivity contribution in [1.82, 2.24) is 9.88 Å². The summed E-state index contributed by atoms with van der Waals surface area (Å²) in [5, 5.41) is 0.978. The standard InChI is InChI=1S/C21H22N2O2/c1-4-25-18-11-9-16(10-12-18)14-23(3)21(24)19-13-17-7-5-6-8-20(17)22-15(19)2/h5-13H,4,14H2,1-3H3. The summed E-state index contributed by atoms with van der Waals surface area (Å²) >= 11 is 0. The Morgan fingerprint density at radius 1 is 1.12 bits per heavy atom. The highest BCUT2D eigenvalue weighted by atomic mass is 16.5. The molecule has 0 aliphatic rings. The minimum absolute atomic E-state index is 0.0235. The van der Waals surface area contributed by atoms with Gasteiger partial charge in [0.05, 0.1) is 23.4 Å². The van der Waals surface area contributed by atoms with Crippen LogP contribution in [-0.2, 0) is 6.54 Å². The van der Waals surface area contributed by atoms with E-state index in [1.165, 1.54) is 0 Å². The van der Waals surface area contributed by atoms with E-state index >= 15 is 0 Å². The Balaban J connectivity index is 1.79. The maximum absolute atomic E-state index is 12.8. The molecule has 0 saturated carbocycles. The molecule has 0 spiro atoms. The van der Waals surface area contributed by atoms with E-state index in [4.69, 9.17) is 4.74 Å². The summed E-state index contributed by atoms with van der Waals surface area (Å²) < 4.78 is 5.45. The summed E-state index contributed by atoms with van der Waals surface area (Å²) in [4.78, 5) is 19.1. The molecule has 0 unspecified atom stereocenters. The molecule has 2 aromatic carbocycles. The van der Waals surface area contributed by atoms with E-state index in [2.05, 4.69) is 4.98 Å². The van der Waals surface area contributed by atoms with Gasteiger partial charge in [0.15, 0.2) is 0 Å². The number of hydrogen-bond acceptors (Lipinski definition) is 3. The van der Waals surface area contributed by atoms with Crippen LogP contribution in [0.5, 0.6) is 5.75 Å². The van der Waals surface area contributed by atoms with Crippen LogP contribution >= 0.6 is 0 Å². The van der Waals surface area contributed by atoms with E-state index in [1.807, 2.05) is 75.5 Å². The van der Waals surface area contributed by atoms with Crippen molar-refractivity contribution in [3.63, 3.8) is 0 Å². The van der Waals surface area contributed by atoms with Gasteiger partial charge in [0.25, 0.3) is 5.91 Å². The maximum Gasteiger partial charge on any atom is 0.255 e. The van der Waals surface area contributed by atoms with Gasteiger partial charge in [-0.3, -0.25) is 9.78 Å². The quantitative estimate of drug-likeness (QED) is 0.702. The first kappa shape index (κ1) is 17.0. The van der Waals surface area contributed by atoms with Crippen LogP contribution in [0.3, 0.4) is 0 Å². The van der Waals surface area contributed by atoms with Crippen LogP contribution in [0.25, 0.3) is 10.9 Å². The molecular formula is C21H22N2O2. The Morgan fingerprint density at radius 2 is 1.84 bits per heavy atom. The van der Waals surface area contributed by atoms with E-state index in [0.717, 1.165) is 27.9 Å². The highest BCUT2D eigenvalue weighted by Crippen LogP contribution is 2.19. The van der Waals surface area contributed by atoms with Gasteiger partial charge in [-0.05, 0) is 43.7 Å². The first-order valence-corrected chi connectivity index (χ1v) is 8.42. The Kier molecular flexibility index (Phi) is 4.98. The first-order valence-electron chi connectivity index (χ1n) is 8.42. The number of ether oxygens (including phenoxy) is 1. The third-order valence-electron chi connectivity index (χ3n) is 4.15. The van der Waals surface area contributed by atoms with Gasteiger partial charge in [-0.1, -0.05) is 30.3 Å². The lowest BCUT2D eigenvalue weighted by molar-refractivity contribution is 0.0784. The van der Waals surface area contributed by atoms with E-state index in [0.29, 0.717) is 18.7 Å². The van der Waals surface area contributed by atoms with Gasteiger partial charge in [0, 0.05) is 19.0 Å². The second-order valence-electron chi connectivity index (χ2n) is 6.05. The minimum atomic E-state index is -0.0235. The lowest BCUT2D eigenvalue weighted by Gasteiger charge is -2.19. The van der Waals surface area contributed by atoms with Gasteiger partial charge >= 0.3 is 0 Å². The number of carbonyl (C=O) groups excluding carboxylic acids is 1. The number of rotatable bonds is 5. The van der Waals surface area contributed by atoms with Crippen LogP contribution in [0.2, 0.25) is 0 Å². The number of benzene rings is 2. The van der Waals surface area contributed by atoms with Crippen molar-refractivity contribution in [2.45, 2.75) is 20.4 Å². The Bertz CT molecular complexity index is 888. The first-order chi connectivity index (χ1) is 12.1. The van der Waals surface area contributed by atoms with Crippen molar-refractivity contribution >= 4 is 16.8 Å². The molecule has 4 heteroatoms. The summed E-state index contributed by atoms with van der Waals surface area (Å²) in [5.74, 6) is 0.819. The fourth-order valence-electron chi connectivity index (χ4n) is 2.84. The van der Waals surface area contributed by atoms with Crippen molar-refractivity contribution in [1.29, 1.82) is 0 Å².